The maximum absolute atomic E-state index is 6.20. The molecule has 0 spiro atoms. The largest absolute Gasteiger partial charge is 0.324 e. The normalized spacial score (nSPS) is 17.6. The molecule has 1 aromatic heterocycles. The van der Waals surface area contributed by atoms with Crippen molar-refractivity contribution < 1.29 is 0 Å². The van der Waals surface area contributed by atoms with E-state index in [0.717, 1.165) is 11.2 Å². The van der Waals surface area contributed by atoms with Crippen molar-refractivity contribution in [3.05, 3.63) is 41.6 Å². The quantitative estimate of drug-likeness (QED) is 0.831. The maximum atomic E-state index is 6.20. The van der Waals surface area contributed by atoms with Gasteiger partial charge in [-0.3, -0.25) is 4.98 Å². The Morgan fingerprint density at radius 3 is 2.81 bits per heavy atom. The van der Waals surface area contributed by atoms with Gasteiger partial charge in [0.25, 0.3) is 0 Å². The average molecular weight is 212 g/mol. The van der Waals surface area contributed by atoms with E-state index in [4.69, 9.17) is 5.73 Å². The van der Waals surface area contributed by atoms with E-state index in [2.05, 4.69) is 35.3 Å². The number of pyridine rings is 1. The first-order valence-corrected chi connectivity index (χ1v) is 5.87. The van der Waals surface area contributed by atoms with Gasteiger partial charge in [-0.2, -0.15) is 0 Å². The van der Waals surface area contributed by atoms with Crippen molar-refractivity contribution in [2.45, 2.75) is 25.8 Å². The fourth-order valence-electron chi connectivity index (χ4n) is 2.18. The second kappa shape index (κ2) is 3.56. The average Bonchev–Trinajstić information content (AvgIpc) is 3.11. The van der Waals surface area contributed by atoms with Crippen molar-refractivity contribution in [2.75, 3.05) is 0 Å². The first-order valence-electron chi connectivity index (χ1n) is 5.87. The van der Waals surface area contributed by atoms with E-state index in [0.29, 0.717) is 5.92 Å². The zero-order valence-corrected chi connectivity index (χ0v) is 9.48. The lowest BCUT2D eigenvalue weighted by molar-refractivity contribution is 0.634. The molecule has 1 aliphatic rings. The molecule has 0 bridgehead atoms. The van der Waals surface area contributed by atoms with Gasteiger partial charge in [0.05, 0.1) is 5.52 Å². The summed E-state index contributed by atoms with van der Waals surface area (Å²) in [6.07, 6.45) is 2.57. The van der Waals surface area contributed by atoms with Crippen molar-refractivity contribution in [3.8, 4) is 0 Å². The Morgan fingerprint density at radius 1 is 1.25 bits per heavy atom. The van der Waals surface area contributed by atoms with Crippen LogP contribution in [0.2, 0.25) is 0 Å². The number of rotatable bonds is 2. The smallest absolute Gasteiger partial charge is 0.0705 e. The minimum absolute atomic E-state index is 0.214. The summed E-state index contributed by atoms with van der Waals surface area (Å²) in [7, 11) is 0. The number of aryl methyl sites for hydroxylation is 1. The monoisotopic (exact) mass is 212 g/mol. The third kappa shape index (κ3) is 1.69. The first-order chi connectivity index (χ1) is 7.74. The Morgan fingerprint density at radius 2 is 2.06 bits per heavy atom. The molecule has 1 unspecified atom stereocenters. The molecule has 1 heterocycles. The zero-order valence-electron chi connectivity index (χ0n) is 9.48. The van der Waals surface area contributed by atoms with E-state index >= 15 is 0 Å². The number of benzene rings is 1. The molecule has 2 N–H and O–H groups in total. The predicted octanol–water partition coefficient (Wildman–Crippen LogP) is 2.95. The van der Waals surface area contributed by atoms with Crippen LogP contribution < -0.4 is 5.73 Å². The SMILES string of the molecule is Cc1ccc2cc(C(N)C3CC3)ccc2n1. The summed E-state index contributed by atoms with van der Waals surface area (Å²) in [5.41, 5.74) is 9.58. The standard InChI is InChI=1S/C14H16N2/c1-9-2-3-11-8-12(6-7-13(11)16-9)14(15)10-4-5-10/h2-3,6-8,10,14H,4-5,15H2,1H3. The molecule has 3 rings (SSSR count). The Bertz CT molecular complexity index is 529. The molecule has 1 atom stereocenters. The molecule has 82 valence electrons. The van der Waals surface area contributed by atoms with Gasteiger partial charge in [-0.05, 0) is 49.4 Å². The molecule has 16 heavy (non-hydrogen) atoms. The van der Waals surface area contributed by atoms with E-state index in [1.807, 2.05) is 6.92 Å². The van der Waals surface area contributed by atoms with Crippen LogP contribution >= 0.6 is 0 Å². The molecule has 0 amide bonds. The summed E-state index contributed by atoms with van der Waals surface area (Å²) in [5.74, 6) is 0.704. The lowest BCUT2D eigenvalue weighted by atomic mass is 10.0. The van der Waals surface area contributed by atoms with Crippen molar-refractivity contribution in [1.29, 1.82) is 0 Å². The van der Waals surface area contributed by atoms with Gasteiger partial charge in [-0.25, -0.2) is 0 Å². The van der Waals surface area contributed by atoms with Gasteiger partial charge in [0.1, 0.15) is 0 Å². The van der Waals surface area contributed by atoms with Crippen molar-refractivity contribution >= 4 is 10.9 Å². The Labute approximate surface area is 95.5 Å². The summed E-state index contributed by atoms with van der Waals surface area (Å²) in [4.78, 5) is 4.50. The lowest BCUT2D eigenvalue weighted by Gasteiger charge is -2.11. The Hall–Kier alpha value is -1.41. The highest BCUT2D eigenvalue weighted by Crippen LogP contribution is 2.39. The van der Waals surface area contributed by atoms with Gasteiger partial charge in [0.15, 0.2) is 0 Å². The highest BCUT2D eigenvalue weighted by molar-refractivity contribution is 5.79. The van der Waals surface area contributed by atoms with Gasteiger partial charge in [-0.1, -0.05) is 12.1 Å². The highest BCUT2D eigenvalue weighted by atomic mass is 14.7. The fourth-order valence-corrected chi connectivity index (χ4v) is 2.18. The van der Waals surface area contributed by atoms with E-state index in [-0.39, 0.29) is 6.04 Å². The minimum Gasteiger partial charge on any atom is -0.324 e. The molecule has 2 aromatic rings. The molecule has 0 aliphatic heterocycles. The zero-order chi connectivity index (χ0) is 11.1. The molecule has 1 aliphatic carbocycles. The number of fused-ring (bicyclic) bond motifs is 1. The summed E-state index contributed by atoms with van der Waals surface area (Å²) < 4.78 is 0. The molecule has 0 radical (unpaired) electrons. The maximum Gasteiger partial charge on any atom is 0.0705 e. The lowest BCUT2D eigenvalue weighted by Crippen LogP contribution is -2.12. The van der Waals surface area contributed by atoms with E-state index in [9.17, 15) is 0 Å². The van der Waals surface area contributed by atoms with Crippen molar-refractivity contribution in [3.63, 3.8) is 0 Å². The van der Waals surface area contributed by atoms with Gasteiger partial charge in [0, 0.05) is 17.1 Å². The van der Waals surface area contributed by atoms with Crippen LogP contribution in [0, 0.1) is 12.8 Å². The molecular formula is C14H16N2. The number of nitrogens with two attached hydrogens (primary N) is 1. The third-order valence-electron chi connectivity index (χ3n) is 3.37. The molecule has 1 saturated carbocycles. The van der Waals surface area contributed by atoms with Crippen LogP contribution in [0.15, 0.2) is 30.3 Å². The summed E-state index contributed by atoms with van der Waals surface area (Å²) >= 11 is 0. The van der Waals surface area contributed by atoms with E-state index in [1.54, 1.807) is 0 Å². The number of hydrogen-bond donors (Lipinski definition) is 1. The number of aromatic nitrogens is 1. The van der Waals surface area contributed by atoms with Crippen LogP contribution in [0.5, 0.6) is 0 Å². The summed E-state index contributed by atoms with van der Waals surface area (Å²) in [5, 5.41) is 1.19. The fraction of sp³-hybridized carbons (Fsp3) is 0.357. The predicted molar refractivity (Wildman–Crippen MR) is 66.1 cm³/mol. The van der Waals surface area contributed by atoms with Gasteiger partial charge in [-0.15, -0.1) is 0 Å². The van der Waals surface area contributed by atoms with Crippen molar-refractivity contribution in [1.82, 2.24) is 4.98 Å². The van der Waals surface area contributed by atoms with Gasteiger partial charge < -0.3 is 5.73 Å². The highest BCUT2D eigenvalue weighted by Gasteiger charge is 2.29. The molecule has 0 saturated heterocycles. The first kappa shape index (κ1) is 9.79. The van der Waals surface area contributed by atoms with Crippen LogP contribution in [-0.4, -0.2) is 4.98 Å². The topological polar surface area (TPSA) is 38.9 Å². The Balaban J connectivity index is 2.05. The third-order valence-corrected chi connectivity index (χ3v) is 3.37. The van der Waals surface area contributed by atoms with Gasteiger partial charge >= 0.3 is 0 Å². The molecule has 1 fully saturated rings. The summed E-state index contributed by atoms with van der Waals surface area (Å²) in [6.45, 7) is 2.02. The van der Waals surface area contributed by atoms with Crippen LogP contribution in [0.4, 0.5) is 0 Å². The van der Waals surface area contributed by atoms with Crippen LogP contribution in [-0.2, 0) is 0 Å². The number of hydrogen-bond acceptors (Lipinski definition) is 2. The Kier molecular flexibility index (Phi) is 2.18. The second-order valence-electron chi connectivity index (χ2n) is 4.77. The molecular weight excluding hydrogens is 196 g/mol. The van der Waals surface area contributed by atoms with E-state index in [1.165, 1.54) is 23.8 Å². The second-order valence-corrected chi connectivity index (χ2v) is 4.77. The molecule has 1 aromatic carbocycles. The van der Waals surface area contributed by atoms with Crippen LogP contribution in [0.25, 0.3) is 10.9 Å². The minimum atomic E-state index is 0.214. The van der Waals surface area contributed by atoms with Crippen molar-refractivity contribution in [2.24, 2.45) is 11.7 Å². The van der Waals surface area contributed by atoms with Crippen LogP contribution in [0.3, 0.4) is 0 Å². The van der Waals surface area contributed by atoms with E-state index < -0.39 is 0 Å². The molecule has 2 nitrogen and oxygen atoms in total. The van der Waals surface area contributed by atoms with Crippen LogP contribution in [0.1, 0.15) is 30.1 Å². The van der Waals surface area contributed by atoms with Gasteiger partial charge in [0.2, 0.25) is 0 Å². The summed E-state index contributed by atoms with van der Waals surface area (Å²) in [6, 6.07) is 10.8. The number of nitrogens with zero attached hydrogens (tertiary/aromatic N) is 1. The molecule has 2 heteroatoms.